The number of benzene rings is 2. The second-order valence-electron chi connectivity index (χ2n) is 6.19. The van der Waals surface area contributed by atoms with Crippen LogP contribution in [0.1, 0.15) is 23.1 Å². The van der Waals surface area contributed by atoms with Gasteiger partial charge in [0.2, 0.25) is 5.91 Å². The van der Waals surface area contributed by atoms with Gasteiger partial charge < -0.3 is 20.5 Å². The van der Waals surface area contributed by atoms with Crippen molar-refractivity contribution in [2.45, 2.75) is 25.9 Å². The van der Waals surface area contributed by atoms with Gasteiger partial charge in [0.25, 0.3) is 6.02 Å². The van der Waals surface area contributed by atoms with Crippen molar-refractivity contribution in [3.63, 3.8) is 0 Å². The molecule has 0 fully saturated rings. The molecule has 0 atom stereocenters. The van der Waals surface area contributed by atoms with Gasteiger partial charge in [-0.15, -0.1) is 0 Å². The SMILES string of the molecule is COCC(=O)Nc1ccc2c(c1)COC(N)=N2.c1ccc2c(c1)CCC2. The Labute approximate surface area is 153 Å². The van der Waals surface area contributed by atoms with Gasteiger partial charge >= 0.3 is 0 Å². The van der Waals surface area contributed by atoms with Gasteiger partial charge in [0.1, 0.15) is 13.2 Å². The molecule has 0 spiro atoms. The minimum absolute atomic E-state index is 0.0265. The van der Waals surface area contributed by atoms with E-state index in [0.29, 0.717) is 12.3 Å². The standard InChI is InChI=1S/C11H13N3O3.C9H10/c1-16-6-10(15)13-8-2-3-9-7(4-8)5-17-11(12)14-9;1-2-5-9-7-3-6-8(9)4-1/h2-4H,5-6H2,1H3,(H2,12,14)(H,13,15);1-2,4-5H,3,6-7H2. The molecule has 3 N–H and O–H groups in total. The Morgan fingerprint density at radius 1 is 1.19 bits per heavy atom. The second kappa shape index (κ2) is 8.49. The van der Waals surface area contributed by atoms with Crippen molar-refractivity contribution in [3.8, 4) is 0 Å². The smallest absolute Gasteiger partial charge is 0.287 e. The number of amides is 1. The molecule has 6 heteroatoms. The predicted octanol–water partition coefficient (Wildman–Crippen LogP) is 2.92. The highest BCUT2D eigenvalue weighted by atomic mass is 16.5. The molecule has 0 bridgehead atoms. The van der Waals surface area contributed by atoms with E-state index in [1.807, 2.05) is 0 Å². The average molecular weight is 353 g/mol. The summed E-state index contributed by atoms with van der Waals surface area (Å²) in [6, 6.07) is 14.2. The molecule has 2 aliphatic rings. The highest BCUT2D eigenvalue weighted by Crippen LogP contribution is 2.26. The molecular formula is C20H23N3O3. The lowest BCUT2D eigenvalue weighted by atomic mass is 10.1. The molecule has 1 heterocycles. The fourth-order valence-electron chi connectivity index (χ4n) is 3.03. The van der Waals surface area contributed by atoms with Crippen molar-refractivity contribution in [1.29, 1.82) is 0 Å². The Balaban J connectivity index is 0.000000181. The Bertz CT molecular complexity index is 795. The van der Waals surface area contributed by atoms with E-state index < -0.39 is 0 Å². The number of hydrogen-bond acceptors (Lipinski definition) is 5. The summed E-state index contributed by atoms with van der Waals surface area (Å²) in [5.74, 6) is -0.202. The van der Waals surface area contributed by atoms with Gasteiger partial charge in [0, 0.05) is 18.4 Å². The average Bonchev–Trinajstić information content (AvgIpc) is 3.11. The van der Waals surface area contributed by atoms with Crippen LogP contribution in [0.3, 0.4) is 0 Å². The number of carbonyl (C=O) groups is 1. The summed E-state index contributed by atoms with van der Waals surface area (Å²) in [5.41, 5.74) is 10.9. The first kappa shape index (κ1) is 17.9. The number of carbonyl (C=O) groups excluding carboxylic acids is 1. The lowest BCUT2D eigenvalue weighted by Gasteiger charge is -2.15. The number of hydrogen-bond donors (Lipinski definition) is 2. The first-order valence-corrected chi connectivity index (χ1v) is 8.61. The van der Waals surface area contributed by atoms with E-state index in [9.17, 15) is 4.79 Å². The van der Waals surface area contributed by atoms with Crippen LogP contribution >= 0.6 is 0 Å². The van der Waals surface area contributed by atoms with Crippen molar-refractivity contribution in [2.75, 3.05) is 19.0 Å². The van der Waals surface area contributed by atoms with Crippen LogP contribution < -0.4 is 11.1 Å². The van der Waals surface area contributed by atoms with Gasteiger partial charge in [-0.25, -0.2) is 0 Å². The molecule has 0 aromatic heterocycles. The summed E-state index contributed by atoms with van der Waals surface area (Å²) in [5, 5.41) is 2.70. The third-order valence-electron chi connectivity index (χ3n) is 4.26. The van der Waals surface area contributed by atoms with Gasteiger partial charge in [0.05, 0.1) is 5.69 Å². The predicted molar refractivity (Wildman–Crippen MR) is 101 cm³/mol. The van der Waals surface area contributed by atoms with Gasteiger partial charge in [-0.2, -0.15) is 4.99 Å². The molecule has 1 amide bonds. The maximum absolute atomic E-state index is 11.3. The molecule has 2 aromatic rings. The second-order valence-corrected chi connectivity index (χ2v) is 6.19. The number of aryl methyl sites for hydroxylation is 2. The summed E-state index contributed by atoms with van der Waals surface area (Å²) >= 11 is 0. The summed E-state index contributed by atoms with van der Waals surface area (Å²) in [4.78, 5) is 15.4. The molecule has 26 heavy (non-hydrogen) atoms. The summed E-state index contributed by atoms with van der Waals surface area (Å²) in [6.45, 7) is 0.386. The van der Waals surface area contributed by atoms with Crippen LogP contribution in [0.4, 0.5) is 11.4 Å². The summed E-state index contributed by atoms with van der Waals surface area (Å²) in [6.07, 6.45) is 3.96. The van der Waals surface area contributed by atoms with E-state index in [2.05, 4.69) is 34.6 Å². The lowest BCUT2D eigenvalue weighted by molar-refractivity contribution is -0.119. The zero-order valence-corrected chi connectivity index (χ0v) is 14.8. The fourth-order valence-corrected chi connectivity index (χ4v) is 3.03. The number of nitrogens with two attached hydrogens (primary N) is 1. The largest absolute Gasteiger partial charge is 0.460 e. The number of anilines is 1. The minimum atomic E-state index is -0.202. The number of nitrogens with zero attached hydrogens (tertiary/aromatic N) is 1. The highest BCUT2D eigenvalue weighted by molar-refractivity contribution is 5.92. The van der Waals surface area contributed by atoms with Gasteiger partial charge in [0.15, 0.2) is 0 Å². The number of ether oxygens (including phenoxy) is 2. The number of fused-ring (bicyclic) bond motifs is 2. The number of nitrogens with one attached hydrogen (secondary N) is 1. The molecule has 0 unspecified atom stereocenters. The van der Waals surface area contributed by atoms with E-state index in [4.69, 9.17) is 15.2 Å². The zero-order valence-electron chi connectivity index (χ0n) is 14.8. The third kappa shape index (κ3) is 4.61. The van der Waals surface area contributed by atoms with E-state index in [0.717, 1.165) is 11.3 Å². The molecular weight excluding hydrogens is 330 g/mol. The topological polar surface area (TPSA) is 85.9 Å². The zero-order chi connectivity index (χ0) is 18.4. The van der Waals surface area contributed by atoms with E-state index in [1.165, 1.54) is 26.4 Å². The van der Waals surface area contributed by atoms with Crippen LogP contribution in [-0.4, -0.2) is 25.6 Å². The van der Waals surface area contributed by atoms with Crippen molar-refractivity contribution >= 4 is 23.3 Å². The first-order chi connectivity index (χ1) is 12.7. The molecule has 6 nitrogen and oxygen atoms in total. The molecule has 2 aromatic carbocycles. The van der Waals surface area contributed by atoms with Crippen LogP contribution in [0.15, 0.2) is 47.5 Å². The van der Waals surface area contributed by atoms with E-state index in [1.54, 1.807) is 29.3 Å². The number of amidine groups is 1. The van der Waals surface area contributed by atoms with E-state index >= 15 is 0 Å². The molecule has 1 aliphatic heterocycles. The number of rotatable bonds is 3. The van der Waals surface area contributed by atoms with Gasteiger partial charge in [-0.05, 0) is 48.6 Å². The summed E-state index contributed by atoms with van der Waals surface area (Å²) < 4.78 is 9.83. The fraction of sp³-hybridized carbons (Fsp3) is 0.300. The Kier molecular flexibility index (Phi) is 5.86. The van der Waals surface area contributed by atoms with Crippen molar-refractivity contribution in [3.05, 3.63) is 59.2 Å². The van der Waals surface area contributed by atoms with Crippen LogP contribution in [0.5, 0.6) is 0 Å². The lowest BCUT2D eigenvalue weighted by Crippen LogP contribution is -2.19. The minimum Gasteiger partial charge on any atom is -0.460 e. The first-order valence-electron chi connectivity index (χ1n) is 8.61. The van der Waals surface area contributed by atoms with Crippen molar-refractivity contribution < 1.29 is 14.3 Å². The monoisotopic (exact) mass is 353 g/mol. The van der Waals surface area contributed by atoms with Crippen LogP contribution in [-0.2, 0) is 33.7 Å². The normalized spacial score (nSPS) is 14.1. The van der Waals surface area contributed by atoms with Gasteiger partial charge in [-0.3, -0.25) is 4.79 Å². The molecule has 4 rings (SSSR count). The van der Waals surface area contributed by atoms with Crippen LogP contribution in [0.2, 0.25) is 0 Å². The van der Waals surface area contributed by atoms with Crippen molar-refractivity contribution in [1.82, 2.24) is 0 Å². The van der Waals surface area contributed by atoms with Gasteiger partial charge in [-0.1, -0.05) is 24.3 Å². The van der Waals surface area contributed by atoms with Crippen molar-refractivity contribution in [2.24, 2.45) is 10.7 Å². The number of methoxy groups -OCH3 is 1. The quantitative estimate of drug-likeness (QED) is 0.888. The van der Waals surface area contributed by atoms with Crippen LogP contribution in [0, 0.1) is 0 Å². The summed E-state index contributed by atoms with van der Waals surface area (Å²) in [7, 11) is 1.47. The third-order valence-corrected chi connectivity index (χ3v) is 4.26. The molecule has 0 saturated carbocycles. The maximum Gasteiger partial charge on any atom is 0.287 e. The maximum atomic E-state index is 11.3. The molecule has 1 aliphatic carbocycles. The highest BCUT2D eigenvalue weighted by Gasteiger charge is 2.12. The Morgan fingerprint density at radius 3 is 2.62 bits per heavy atom. The van der Waals surface area contributed by atoms with E-state index in [-0.39, 0.29) is 18.5 Å². The molecule has 0 radical (unpaired) electrons. The molecule has 136 valence electrons. The Hall–Kier alpha value is -2.86. The molecule has 0 saturated heterocycles. The van der Waals surface area contributed by atoms with Crippen LogP contribution in [0.25, 0.3) is 0 Å². The Morgan fingerprint density at radius 2 is 1.92 bits per heavy atom. The number of aliphatic imine (C=N–C) groups is 1.